The van der Waals surface area contributed by atoms with Crippen molar-refractivity contribution in [3.05, 3.63) is 339 Å². The summed E-state index contributed by atoms with van der Waals surface area (Å²) in [5.41, 5.74) is 21.1. The molecule has 6 heterocycles. The van der Waals surface area contributed by atoms with Gasteiger partial charge in [-0.15, -0.1) is 11.3 Å². The zero-order chi connectivity index (χ0) is 67.8. The van der Waals surface area contributed by atoms with Crippen LogP contribution in [0.25, 0.3) is 214 Å². The van der Waals surface area contributed by atoms with E-state index >= 15 is 0 Å². The fourth-order valence-corrected chi connectivity index (χ4v) is 16.9. The van der Waals surface area contributed by atoms with Gasteiger partial charge in [0.25, 0.3) is 0 Å². The number of nitrogens with zero attached hydrogens (tertiary/aromatic N) is 6. The van der Waals surface area contributed by atoms with E-state index in [0.29, 0.717) is 28.7 Å². The highest BCUT2D eigenvalue weighted by Gasteiger charge is 2.32. The van der Waals surface area contributed by atoms with Crippen LogP contribution in [0.1, 0.15) is 0 Å². The topological polar surface area (TPSA) is 79.2 Å². The highest BCUT2D eigenvalue weighted by atomic mass is 32.1. The van der Waals surface area contributed by atoms with Gasteiger partial charge in [0.15, 0.2) is 23.2 Å². The van der Waals surface area contributed by atoms with E-state index in [2.05, 4.69) is 311 Å². The molecular weight excluding hydrogens is 1280 g/mol. The Morgan fingerprint density at radius 1 is 0.282 bits per heavy atom. The Bertz CT molecular complexity index is 7090. The molecule has 0 N–H and O–H groups in total. The Morgan fingerprint density at radius 2 is 0.670 bits per heavy atom. The molecule has 8 nitrogen and oxygen atoms in total. The third-order valence-corrected chi connectivity index (χ3v) is 21.7. The summed E-state index contributed by atoms with van der Waals surface area (Å²) in [7, 11) is 0. The Kier molecular flexibility index (Phi) is 13.1. The number of thiophene rings is 1. The van der Waals surface area contributed by atoms with Crippen LogP contribution < -0.4 is 0 Å². The van der Waals surface area contributed by atoms with E-state index in [9.17, 15) is 6.57 Å². The monoisotopic (exact) mass is 1330 g/mol. The lowest BCUT2D eigenvalue weighted by Gasteiger charge is -2.25. The maximum absolute atomic E-state index is 9.65. The molecule has 478 valence electrons. The van der Waals surface area contributed by atoms with Gasteiger partial charge in [0, 0.05) is 74.7 Å². The summed E-state index contributed by atoms with van der Waals surface area (Å²) in [6.07, 6.45) is 0. The van der Waals surface area contributed by atoms with Gasteiger partial charge in [-0.2, -0.15) is 0 Å². The molecule has 0 atom stereocenters. The zero-order valence-corrected chi connectivity index (χ0v) is 55.9. The number of fused-ring (bicyclic) bond motifs is 17. The van der Waals surface area contributed by atoms with E-state index in [4.69, 9.17) is 23.8 Å². The molecule has 0 saturated heterocycles. The minimum atomic E-state index is 0.384. The van der Waals surface area contributed by atoms with Crippen molar-refractivity contribution in [3.63, 3.8) is 0 Å². The molecule has 0 aliphatic heterocycles. The van der Waals surface area contributed by atoms with Crippen molar-refractivity contribution < 1.29 is 8.83 Å². The standard InChI is InChI=1S/C94H54N6O2S/c1-95-76-55-75(94-97-92(61-32-18-7-19-33-61)96-93(98-94)66-40-49-84-72(54-66)67-34-20-21-35-83(67)103-84)88(99-77-43-36-62(56-22-8-2-9-23-56)52-73(77)86-79(99)45-41-68-70-50-64(58-26-12-4-13-27-58)38-47-81(70)101-90(68)86)89(85(76)60-30-16-6-17-31-60)100-78-44-37-63(57-24-10-3-11-25-57)53-74(78)87-80(100)46-42-69-71-51-65(59-28-14-5-15-29-59)39-48-82(71)102-91(69)87/h2-55H. The Balaban J connectivity index is 0.953. The lowest BCUT2D eigenvalue weighted by Crippen LogP contribution is -2.10. The van der Waals surface area contributed by atoms with Crippen molar-refractivity contribution in [2.75, 3.05) is 0 Å². The number of furan rings is 2. The molecule has 0 saturated carbocycles. The summed E-state index contributed by atoms with van der Waals surface area (Å²) in [6, 6.07) is 115. The van der Waals surface area contributed by atoms with Crippen LogP contribution in [-0.2, 0) is 0 Å². The fourth-order valence-electron chi connectivity index (χ4n) is 15.8. The Hall–Kier alpha value is -13.8. The summed E-state index contributed by atoms with van der Waals surface area (Å²) < 4.78 is 21.9. The molecule has 0 unspecified atom stereocenters. The number of rotatable bonds is 10. The highest BCUT2D eigenvalue weighted by Crippen LogP contribution is 2.53. The van der Waals surface area contributed by atoms with Crippen LogP contribution in [0.3, 0.4) is 0 Å². The van der Waals surface area contributed by atoms with E-state index < -0.39 is 0 Å². The van der Waals surface area contributed by atoms with Crippen LogP contribution >= 0.6 is 11.3 Å². The molecule has 9 heteroatoms. The number of aromatic nitrogens is 5. The molecule has 0 spiro atoms. The van der Waals surface area contributed by atoms with Crippen molar-refractivity contribution >= 4 is 125 Å². The number of hydrogen-bond acceptors (Lipinski definition) is 6. The maximum atomic E-state index is 9.65. The molecule has 21 rings (SSSR count). The van der Waals surface area contributed by atoms with Gasteiger partial charge in [-0.25, -0.2) is 19.8 Å². The first-order valence-corrected chi connectivity index (χ1v) is 35.3. The number of benzene rings is 15. The second-order valence-electron chi connectivity index (χ2n) is 26.4. The summed E-state index contributed by atoms with van der Waals surface area (Å²) in [4.78, 5) is 21.5. The normalized spacial score (nSPS) is 11.9. The molecule has 0 amide bonds. The smallest absolute Gasteiger partial charge is 0.197 e. The van der Waals surface area contributed by atoms with Crippen molar-refractivity contribution in [3.8, 4) is 101 Å². The first-order chi connectivity index (χ1) is 51.0. The van der Waals surface area contributed by atoms with Gasteiger partial charge in [0.1, 0.15) is 22.3 Å². The number of hydrogen-bond donors (Lipinski definition) is 0. The Labute approximate surface area is 594 Å². The molecule has 15 aromatic carbocycles. The molecule has 0 aliphatic carbocycles. The van der Waals surface area contributed by atoms with Gasteiger partial charge in [-0.3, -0.25) is 0 Å². The minimum absolute atomic E-state index is 0.384. The van der Waals surface area contributed by atoms with Crippen molar-refractivity contribution in [2.45, 2.75) is 0 Å². The third-order valence-electron chi connectivity index (χ3n) is 20.6. The molecule has 21 aromatic rings. The quantitative estimate of drug-likeness (QED) is 0.128. The van der Waals surface area contributed by atoms with Crippen LogP contribution in [0.2, 0.25) is 0 Å². The molecule has 0 radical (unpaired) electrons. The lowest BCUT2D eigenvalue weighted by atomic mass is 9.95. The second-order valence-corrected chi connectivity index (χ2v) is 27.5. The van der Waals surface area contributed by atoms with E-state index in [1.165, 1.54) is 14.8 Å². The van der Waals surface area contributed by atoms with Gasteiger partial charge >= 0.3 is 0 Å². The lowest BCUT2D eigenvalue weighted by molar-refractivity contribution is 0.672. The second kappa shape index (κ2) is 23.2. The minimum Gasteiger partial charge on any atom is -0.455 e. The van der Waals surface area contributed by atoms with E-state index in [0.717, 1.165) is 171 Å². The predicted molar refractivity (Wildman–Crippen MR) is 426 cm³/mol. The molecule has 0 bridgehead atoms. The van der Waals surface area contributed by atoms with Gasteiger partial charge < -0.3 is 18.0 Å². The van der Waals surface area contributed by atoms with Gasteiger partial charge in [0.2, 0.25) is 0 Å². The van der Waals surface area contributed by atoms with Crippen LogP contribution in [0.15, 0.2) is 336 Å². The van der Waals surface area contributed by atoms with Gasteiger partial charge in [0.05, 0.1) is 50.8 Å². The van der Waals surface area contributed by atoms with Gasteiger partial charge in [-0.1, -0.05) is 224 Å². The summed E-state index contributed by atoms with van der Waals surface area (Å²) >= 11 is 1.78. The van der Waals surface area contributed by atoms with Crippen molar-refractivity contribution in [1.82, 2.24) is 24.1 Å². The third kappa shape index (κ3) is 9.25. The van der Waals surface area contributed by atoms with Crippen LogP contribution in [0.5, 0.6) is 0 Å². The average molecular weight is 1330 g/mol. The molecule has 103 heavy (non-hydrogen) atoms. The van der Waals surface area contributed by atoms with Crippen LogP contribution in [0, 0.1) is 6.57 Å². The summed E-state index contributed by atoms with van der Waals surface area (Å²) in [6.45, 7) is 9.65. The fraction of sp³-hybridized carbons (Fsp3) is 0. The first-order valence-electron chi connectivity index (χ1n) is 34.5. The SMILES string of the molecule is [C-]#[N+]c1cc(-c2nc(-c3ccccc3)nc(-c3ccc4sc5ccccc5c4c3)n2)c(-n2c3ccc(-c4ccccc4)cc3c3c4oc5ccc(-c6ccccc6)cc5c4ccc32)c(-n2c3ccc(-c4ccccc4)cc3c3c4oc5ccc(-c6ccccc6)cc5c4ccc32)c1-c1ccccc1. The van der Waals surface area contributed by atoms with E-state index in [-0.39, 0.29) is 0 Å². The van der Waals surface area contributed by atoms with Crippen molar-refractivity contribution in [2.24, 2.45) is 0 Å². The molecule has 6 aromatic heterocycles. The van der Waals surface area contributed by atoms with Crippen LogP contribution in [0.4, 0.5) is 5.69 Å². The summed E-state index contributed by atoms with van der Waals surface area (Å²) in [5.74, 6) is 1.36. The predicted octanol–water partition coefficient (Wildman–Crippen LogP) is 26.1. The first kappa shape index (κ1) is 58.2. The Morgan fingerprint density at radius 3 is 1.17 bits per heavy atom. The highest BCUT2D eigenvalue weighted by molar-refractivity contribution is 7.25. The van der Waals surface area contributed by atoms with Gasteiger partial charge in [-0.05, 0) is 153 Å². The largest absolute Gasteiger partial charge is 0.455 e. The summed E-state index contributed by atoms with van der Waals surface area (Å²) in [5, 5.41) is 10.1. The molecule has 0 fully saturated rings. The molecule has 0 aliphatic rings. The van der Waals surface area contributed by atoms with Crippen LogP contribution in [-0.4, -0.2) is 24.1 Å². The molecular formula is C94H54N6O2S. The van der Waals surface area contributed by atoms with E-state index in [1.54, 1.807) is 11.3 Å². The van der Waals surface area contributed by atoms with Crippen molar-refractivity contribution in [1.29, 1.82) is 0 Å². The van der Waals surface area contributed by atoms with E-state index in [1.807, 2.05) is 30.3 Å². The zero-order valence-electron chi connectivity index (χ0n) is 55.1. The average Bonchev–Trinajstić information content (AvgIpc) is 1.57. The maximum Gasteiger partial charge on any atom is 0.197 e.